The molecule has 1 N–H and O–H groups in total. The Balaban J connectivity index is 1.74. The van der Waals surface area contributed by atoms with Crippen LogP contribution in [-0.2, 0) is 30.6 Å². The maximum absolute atomic E-state index is 13.2. The van der Waals surface area contributed by atoms with Crippen LogP contribution in [-0.4, -0.2) is 27.2 Å². The van der Waals surface area contributed by atoms with E-state index < -0.39 is 11.9 Å². The average molecular weight is 435 g/mol. The number of aliphatic carboxylic acids is 1. The van der Waals surface area contributed by atoms with Crippen LogP contribution in [0.15, 0.2) is 59.4 Å². The van der Waals surface area contributed by atoms with E-state index in [1.807, 2.05) is 68.4 Å². The number of carboxylic acids is 1. The first-order chi connectivity index (χ1) is 15.4. The van der Waals surface area contributed by atoms with Gasteiger partial charge in [-0.05, 0) is 30.5 Å². The number of nitrogens with zero attached hydrogens (tertiary/aromatic N) is 2. The standard InChI is InChI=1S/C26H30N2O4/c1-4-22-24(20-9-7-6-8-10-20)27-23(5-2)28(25(22)29)15-16-32-21-13-11-19(12-14-21)17-18(3)26(30)31/h6-14,18H,4-5,15-17H2,1-3H3,(H,30,31). The van der Waals surface area contributed by atoms with Crippen molar-refractivity contribution in [2.75, 3.05) is 6.61 Å². The molecule has 0 amide bonds. The molecule has 0 saturated heterocycles. The molecule has 1 unspecified atom stereocenters. The summed E-state index contributed by atoms with van der Waals surface area (Å²) in [6.07, 6.45) is 1.73. The monoisotopic (exact) mass is 434 g/mol. The molecule has 6 nitrogen and oxygen atoms in total. The number of carbonyl (C=O) groups is 1. The number of benzene rings is 2. The van der Waals surface area contributed by atoms with Crippen LogP contribution in [0, 0.1) is 5.92 Å². The fraction of sp³-hybridized carbons (Fsp3) is 0.346. The lowest BCUT2D eigenvalue weighted by Gasteiger charge is -2.16. The number of carboxylic acid groups (broad SMARTS) is 1. The summed E-state index contributed by atoms with van der Waals surface area (Å²) in [6.45, 7) is 6.42. The molecule has 2 aromatic carbocycles. The summed E-state index contributed by atoms with van der Waals surface area (Å²) in [7, 11) is 0. The summed E-state index contributed by atoms with van der Waals surface area (Å²) in [6, 6.07) is 17.2. The van der Waals surface area contributed by atoms with E-state index in [1.165, 1.54) is 0 Å². The van der Waals surface area contributed by atoms with Crippen LogP contribution in [0.2, 0.25) is 0 Å². The van der Waals surface area contributed by atoms with E-state index in [-0.39, 0.29) is 5.56 Å². The maximum Gasteiger partial charge on any atom is 0.306 e. The first-order valence-corrected chi connectivity index (χ1v) is 11.1. The summed E-state index contributed by atoms with van der Waals surface area (Å²) in [5.74, 6) is 0.195. The zero-order valence-corrected chi connectivity index (χ0v) is 18.9. The lowest BCUT2D eigenvalue weighted by molar-refractivity contribution is -0.141. The molecule has 6 heteroatoms. The Morgan fingerprint density at radius 1 is 1.06 bits per heavy atom. The number of aryl methyl sites for hydroxylation is 1. The van der Waals surface area contributed by atoms with Crippen LogP contribution >= 0.6 is 0 Å². The Hall–Kier alpha value is -3.41. The van der Waals surface area contributed by atoms with E-state index >= 15 is 0 Å². The van der Waals surface area contributed by atoms with Crippen molar-refractivity contribution in [2.24, 2.45) is 5.92 Å². The van der Waals surface area contributed by atoms with Gasteiger partial charge in [-0.1, -0.05) is 63.2 Å². The SMILES string of the molecule is CCc1c(-c2ccccc2)nc(CC)n(CCOc2ccc(CC(C)C(=O)O)cc2)c1=O. The van der Waals surface area contributed by atoms with E-state index in [0.29, 0.717) is 43.7 Å². The summed E-state index contributed by atoms with van der Waals surface area (Å²) in [5.41, 5.74) is 3.37. The van der Waals surface area contributed by atoms with Crippen LogP contribution in [0.25, 0.3) is 11.3 Å². The van der Waals surface area contributed by atoms with Crippen LogP contribution < -0.4 is 10.3 Å². The zero-order valence-electron chi connectivity index (χ0n) is 18.9. The molecule has 32 heavy (non-hydrogen) atoms. The highest BCUT2D eigenvalue weighted by Gasteiger charge is 2.16. The van der Waals surface area contributed by atoms with Crippen LogP contribution in [0.4, 0.5) is 0 Å². The van der Waals surface area contributed by atoms with Gasteiger partial charge in [-0.3, -0.25) is 14.2 Å². The lowest BCUT2D eigenvalue weighted by Crippen LogP contribution is -2.31. The quantitative estimate of drug-likeness (QED) is 0.512. The maximum atomic E-state index is 13.2. The summed E-state index contributed by atoms with van der Waals surface area (Å²) >= 11 is 0. The smallest absolute Gasteiger partial charge is 0.306 e. The average Bonchev–Trinajstić information content (AvgIpc) is 2.81. The van der Waals surface area contributed by atoms with Gasteiger partial charge in [0, 0.05) is 17.5 Å². The van der Waals surface area contributed by atoms with Crippen LogP contribution in [0.5, 0.6) is 5.75 Å². The molecular formula is C26H30N2O4. The minimum atomic E-state index is -0.805. The largest absolute Gasteiger partial charge is 0.492 e. The highest BCUT2D eigenvalue weighted by Crippen LogP contribution is 2.20. The van der Waals surface area contributed by atoms with E-state index in [9.17, 15) is 9.59 Å². The molecule has 0 radical (unpaired) electrons. The first kappa shape index (κ1) is 23.3. The molecule has 0 aliphatic carbocycles. The van der Waals surface area contributed by atoms with Gasteiger partial charge in [0.25, 0.3) is 5.56 Å². The van der Waals surface area contributed by atoms with Gasteiger partial charge in [-0.2, -0.15) is 0 Å². The predicted molar refractivity (Wildman–Crippen MR) is 125 cm³/mol. The van der Waals surface area contributed by atoms with E-state index in [4.69, 9.17) is 14.8 Å². The summed E-state index contributed by atoms with van der Waals surface area (Å²) in [5, 5.41) is 9.05. The Kier molecular flexibility index (Phi) is 7.82. The van der Waals surface area contributed by atoms with Crippen molar-refractivity contribution < 1.29 is 14.6 Å². The Labute approximate surface area is 188 Å². The molecule has 0 aliphatic heterocycles. The number of hydrogen-bond acceptors (Lipinski definition) is 4. The van der Waals surface area contributed by atoms with Gasteiger partial charge < -0.3 is 9.84 Å². The summed E-state index contributed by atoms with van der Waals surface area (Å²) < 4.78 is 7.57. The van der Waals surface area contributed by atoms with Crippen molar-refractivity contribution in [1.82, 2.24) is 9.55 Å². The second-order valence-corrected chi connectivity index (χ2v) is 7.82. The van der Waals surface area contributed by atoms with Crippen molar-refractivity contribution in [2.45, 2.75) is 46.6 Å². The van der Waals surface area contributed by atoms with Gasteiger partial charge in [-0.15, -0.1) is 0 Å². The predicted octanol–water partition coefficient (Wildman–Crippen LogP) is 4.38. The molecular weight excluding hydrogens is 404 g/mol. The highest BCUT2D eigenvalue weighted by molar-refractivity contribution is 5.69. The summed E-state index contributed by atoms with van der Waals surface area (Å²) in [4.78, 5) is 29.1. The lowest BCUT2D eigenvalue weighted by atomic mass is 10.0. The third-order valence-corrected chi connectivity index (χ3v) is 5.53. The molecule has 3 rings (SSSR count). The van der Waals surface area contributed by atoms with Crippen LogP contribution in [0.1, 0.15) is 37.7 Å². The second kappa shape index (κ2) is 10.8. The van der Waals surface area contributed by atoms with Crippen molar-refractivity contribution in [1.29, 1.82) is 0 Å². The Morgan fingerprint density at radius 3 is 2.34 bits per heavy atom. The normalized spacial score (nSPS) is 11.8. The van der Waals surface area contributed by atoms with Crippen molar-refractivity contribution >= 4 is 5.97 Å². The zero-order chi connectivity index (χ0) is 23.1. The molecule has 0 aliphatic rings. The molecule has 0 bridgehead atoms. The molecule has 0 saturated carbocycles. The Morgan fingerprint density at radius 2 is 1.75 bits per heavy atom. The van der Waals surface area contributed by atoms with Crippen LogP contribution in [0.3, 0.4) is 0 Å². The van der Waals surface area contributed by atoms with Crippen molar-refractivity contribution in [3.05, 3.63) is 81.9 Å². The molecule has 0 spiro atoms. The first-order valence-electron chi connectivity index (χ1n) is 11.1. The number of hydrogen-bond donors (Lipinski definition) is 1. The van der Waals surface area contributed by atoms with Gasteiger partial charge in [0.2, 0.25) is 0 Å². The molecule has 1 heterocycles. The second-order valence-electron chi connectivity index (χ2n) is 7.82. The van der Waals surface area contributed by atoms with Crippen molar-refractivity contribution in [3.63, 3.8) is 0 Å². The number of ether oxygens (including phenoxy) is 1. The van der Waals surface area contributed by atoms with Gasteiger partial charge in [0.1, 0.15) is 18.2 Å². The van der Waals surface area contributed by atoms with E-state index in [2.05, 4.69) is 0 Å². The van der Waals surface area contributed by atoms with Gasteiger partial charge in [-0.25, -0.2) is 4.98 Å². The topological polar surface area (TPSA) is 81.4 Å². The van der Waals surface area contributed by atoms with Crippen molar-refractivity contribution in [3.8, 4) is 17.0 Å². The minimum Gasteiger partial charge on any atom is -0.492 e. The third kappa shape index (κ3) is 5.44. The number of rotatable bonds is 10. The fourth-order valence-electron chi connectivity index (χ4n) is 3.71. The molecule has 1 aromatic heterocycles. The molecule has 0 fully saturated rings. The Bertz CT molecular complexity index is 1110. The number of aromatic nitrogens is 2. The molecule has 1 atom stereocenters. The van der Waals surface area contributed by atoms with Gasteiger partial charge in [0.15, 0.2) is 0 Å². The fourth-order valence-corrected chi connectivity index (χ4v) is 3.71. The van der Waals surface area contributed by atoms with E-state index in [0.717, 1.165) is 22.6 Å². The van der Waals surface area contributed by atoms with Gasteiger partial charge >= 0.3 is 5.97 Å². The minimum absolute atomic E-state index is 0.0141. The van der Waals surface area contributed by atoms with E-state index in [1.54, 1.807) is 11.5 Å². The highest BCUT2D eigenvalue weighted by atomic mass is 16.5. The molecule has 3 aromatic rings. The van der Waals surface area contributed by atoms with Gasteiger partial charge in [0.05, 0.1) is 18.2 Å². The molecule has 168 valence electrons. The third-order valence-electron chi connectivity index (χ3n) is 5.53.